The molecule has 1 amide bonds. The molecule has 0 aliphatic rings. The van der Waals surface area contributed by atoms with Crippen molar-refractivity contribution in [2.75, 3.05) is 6.61 Å². The molecule has 0 spiro atoms. The number of carbonyl (C=O) groups excluding carboxylic acids is 1. The van der Waals surface area contributed by atoms with Crippen LogP contribution in [-0.2, 0) is 6.54 Å². The number of rotatable bonds is 6. The molecule has 0 fully saturated rings. The monoisotopic (exact) mass is 374 g/mol. The second kappa shape index (κ2) is 7.40. The van der Waals surface area contributed by atoms with E-state index in [0.29, 0.717) is 23.1 Å². The van der Waals surface area contributed by atoms with Crippen LogP contribution in [0.5, 0.6) is 5.75 Å². The SMILES string of the molecule is CCOc1ccc(C(=O)NCc2cn3c(Cl)cccc3n2)cc1[N+](=O)[O-]. The molecular formula is C17H15ClN4O4. The van der Waals surface area contributed by atoms with Gasteiger partial charge in [0.1, 0.15) is 10.8 Å². The maximum Gasteiger partial charge on any atom is 0.311 e. The first kappa shape index (κ1) is 17.7. The van der Waals surface area contributed by atoms with Gasteiger partial charge in [0, 0.05) is 17.8 Å². The Balaban J connectivity index is 1.76. The summed E-state index contributed by atoms with van der Waals surface area (Å²) in [5, 5.41) is 14.4. The smallest absolute Gasteiger partial charge is 0.311 e. The number of ether oxygens (including phenoxy) is 1. The Kier molecular flexibility index (Phi) is 5.04. The third-order valence-electron chi connectivity index (χ3n) is 3.64. The molecule has 0 aliphatic carbocycles. The van der Waals surface area contributed by atoms with Crippen molar-refractivity contribution >= 4 is 28.8 Å². The lowest BCUT2D eigenvalue weighted by Crippen LogP contribution is -2.23. The summed E-state index contributed by atoms with van der Waals surface area (Å²) in [6.45, 7) is 2.19. The van der Waals surface area contributed by atoms with E-state index in [2.05, 4.69) is 10.3 Å². The Bertz CT molecular complexity index is 986. The number of halogens is 1. The van der Waals surface area contributed by atoms with Crippen molar-refractivity contribution in [2.24, 2.45) is 0 Å². The van der Waals surface area contributed by atoms with Crippen LogP contribution in [0.4, 0.5) is 5.69 Å². The molecule has 0 radical (unpaired) electrons. The molecule has 0 saturated heterocycles. The number of hydrogen-bond acceptors (Lipinski definition) is 5. The Morgan fingerprint density at radius 3 is 2.88 bits per heavy atom. The molecule has 3 aromatic rings. The summed E-state index contributed by atoms with van der Waals surface area (Å²) in [7, 11) is 0. The van der Waals surface area contributed by atoms with Crippen molar-refractivity contribution in [1.29, 1.82) is 0 Å². The van der Waals surface area contributed by atoms with Crippen LogP contribution in [0.3, 0.4) is 0 Å². The fraction of sp³-hybridized carbons (Fsp3) is 0.176. The maximum atomic E-state index is 12.3. The normalized spacial score (nSPS) is 10.7. The second-order valence-electron chi connectivity index (χ2n) is 5.36. The van der Waals surface area contributed by atoms with E-state index >= 15 is 0 Å². The average Bonchev–Trinajstić information content (AvgIpc) is 3.04. The molecule has 9 heteroatoms. The van der Waals surface area contributed by atoms with Crippen LogP contribution < -0.4 is 10.1 Å². The number of nitro benzene ring substituents is 1. The first-order valence-corrected chi connectivity index (χ1v) is 8.19. The van der Waals surface area contributed by atoms with Gasteiger partial charge in [0.25, 0.3) is 5.91 Å². The number of nitro groups is 1. The Morgan fingerprint density at radius 2 is 2.19 bits per heavy atom. The molecule has 3 rings (SSSR count). The number of nitrogens with zero attached hydrogens (tertiary/aromatic N) is 3. The minimum Gasteiger partial charge on any atom is -0.487 e. The minimum absolute atomic E-state index is 0.129. The van der Waals surface area contributed by atoms with E-state index in [4.69, 9.17) is 16.3 Å². The molecular weight excluding hydrogens is 360 g/mol. The lowest BCUT2D eigenvalue weighted by atomic mass is 10.1. The van der Waals surface area contributed by atoms with Crippen molar-refractivity contribution in [3.05, 3.63) is 69.1 Å². The highest BCUT2D eigenvalue weighted by atomic mass is 35.5. The van der Waals surface area contributed by atoms with E-state index in [-0.39, 0.29) is 23.5 Å². The summed E-state index contributed by atoms with van der Waals surface area (Å²) < 4.78 is 6.91. The summed E-state index contributed by atoms with van der Waals surface area (Å²) in [4.78, 5) is 27.2. The molecule has 1 N–H and O–H groups in total. The Morgan fingerprint density at radius 1 is 1.38 bits per heavy atom. The van der Waals surface area contributed by atoms with E-state index < -0.39 is 10.8 Å². The van der Waals surface area contributed by atoms with Crippen LogP contribution in [-0.4, -0.2) is 26.8 Å². The number of carbonyl (C=O) groups is 1. The molecule has 1 aromatic carbocycles. The van der Waals surface area contributed by atoms with Crippen LogP contribution in [0, 0.1) is 10.1 Å². The summed E-state index contributed by atoms with van der Waals surface area (Å²) >= 11 is 6.08. The summed E-state index contributed by atoms with van der Waals surface area (Å²) in [6.07, 6.45) is 1.72. The second-order valence-corrected chi connectivity index (χ2v) is 5.75. The highest BCUT2D eigenvalue weighted by Crippen LogP contribution is 2.28. The van der Waals surface area contributed by atoms with Crippen molar-refractivity contribution in [3.8, 4) is 5.75 Å². The third-order valence-corrected chi connectivity index (χ3v) is 3.95. The number of amides is 1. The summed E-state index contributed by atoms with van der Waals surface area (Å²) in [5.74, 6) is -0.316. The van der Waals surface area contributed by atoms with Crippen LogP contribution in [0.25, 0.3) is 5.65 Å². The summed E-state index contributed by atoms with van der Waals surface area (Å²) in [5.41, 5.74) is 1.20. The van der Waals surface area contributed by atoms with E-state index in [0.717, 1.165) is 0 Å². The molecule has 0 saturated carbocycles. The molecule has 0 unspecified atom stereocenters. The molecule has 26 heavy (non-hydrogen) atoms. The lowest BCUT2D eigenvalue weighted by Gasteiger charge is -2.07. The van der Waals surface area contributed by atoms with Gasteiger partial charge in [-0.15, -0.1) is 0 Å². The standard InChI is InChI=1S/C17H15ClN4O4/c1-2-26-14-7-6-11(8-13(14)22(24)25)17(23)19-9-12-10-21-15(18)4-3-5-16(21)20-12/h3-8,10H,2,9H2,1H3,(H,19,23). The van der Waals surface area contributed by atoms with E-state index in [1.165, 1.54) is 18.2 Å². The quantitative estimate of drug-likeness (QED) is 0.405. The maximum absolute atomic E-state index is 12.3. The van der Waals surface area contributed by atoms with Gasteiger partial charge >= 0.3 is 5.69 Å². The molecule has 0 atom stereocenters. The number of imidazole rings is 1. The van der Waals surface area contributed by atoms with E-state index in [1.54, 1.807) is 35.7 Å². The molecule has 0 aliphatic heterocycles. The fourth-order valence-electron chi connectivity index (χ4n) is 2.46. The number of pyridine rings is 1. The predicted molar refractivity (Wildman–Crippen MR) is 95.6 cm³/mol. The van der Waals surface area contributed by atoms with E-state index in [1.807, 2.05) is 0 Å². The topological polar surface area (TPSA) is 98.8 Å². The zero-order valence-electron chi connectivity index (χ0n) is 13.8. The van der Waals surface area contributed by atoms with E-state index in [9.17, 15) is 14.9 Å². The number of aromatic nitrogens is 2. The van der Waals surface area contributed by atoms with Crippen LogP contribution in [0.2, 0.25) is 5.15 Å². The van der Waals surface area contributed by atoms with Crippen molar-refractivity contribution in [2.45, 2.75) is 13.5 Å². The van der Waals surface area contributed by atoms with Gasteiger partial charge < -0.3 is 10.1 Å². The first-order chi connectivity index (χ1) is 12.5. The van der Waals surface area contributed by atoms with Crippen molar-refractivity contribution in [3.63, 3.8) is 0 Å². The zero-order valence-corrected chi connectivity index (χ0v) is 14.6. The average molecular weight is 375 g/mol. The predicted octanol–water partition coefficient (Wildman–Crippen LogP) is 3.22. The fourth-order valence-corrected chi connectivity index (χ4v) is 2.67. The molecule has 2 aromatic heterocycles. The Hall–Kier alpha value is -3.13. The van der Waals surface area contributed by atoms with Gasteiger partial charge in [-0.2, -0.15) is 0 Å². The molecule has 134 valence electrons. The summed E-state index contributed by atoms with van der Waals surface area (Å²) in [6, 6.07) is 9.41. The highest BCUT2D eigenvalue weighted by Gasteiger charge is 2.18. The molecule has 8 nitrogen and oxygen atoms in total. The largest absolute Gasteiger partial charge is 0.487 e. The van der Waals surface area contributed by atoms with Gasteiger partial charge in [-0.3, -0.25) is 19.3 Å². The van der Waals surface area contributed by atoms with Gasteiger partial charge in [-0.05, 0) is 31.2 Å². The van der Waals surface area contributed by atoms with Gasteiger partial charge in [0.05, 0.1) is 23.8 Å². The zero-order chi connectivity index (χ0) is 18.7. The highest BCUT2D eigenvalue weighted by molar-refractivity contribution is 6.29. The number of hydrogen-bond donors (Lipinski definition) is 1. The number of benzene rings is 1. The van der Waals surface area contributed by atoms with Gasteiger partial charge in [0.2, 0.25) is 0 Å². The Labute approximate surface area is 153 Å². The third kappa shape index (κ3) is 3.60. The van der Waals surface area contributed by atoms with Crippen molar-refractivity contribution < 1.29 is 14.5 Å². The van der Waals surface area contributed by atoms with Crippen LogP contribution >= 0.6 is 11.6 Å². The van der Waals surface area contributed by atoms with Crippen molar-refractivity contribution in [1.82, 2.24) is 14.7 Å². The van der Waals surface area contributed by atoms with Gasteiger partial charge in [-0.25, -0.2) is 4.98 Å². The van der Waals surface area contributed by atoms with Crippen LogP contribution in [0.1, 0.15) is 23.0 Å². The number of nitrogens with one attached hydrogen (secondary N) is 1. The lowest BCUT2D eigenvalue weighted by molar-refractivity contribution is -0.385. The van der Waals surface area contributed by atoms with Gasteiger partial charge in [-0.1, -0.05) is 17.7 Å². The minimum atomic E-state index is -0.577. The molecule has 0 bridgehead atoms. The molecule has 2 heterocycles. The first-order valence-electron chi connectivity index (χ1n) is 7.81. The van der Waals surface area contributed by atoms with Crippen LogP contribution in [0.15, 0.2) is 42.6 Å². The number of fused-ring (bicyclic) bond motifs is 1. The van der Waals surface area contributed by atoms with Gasteiger partial charge in [0.15, 0.2) is 5.75 Å².